The lowest BCUT2D eigenvalue weighted by molar-refractivity contribution is -0.118. The molecule has 2 N–H and O–H groups in total. The van der Waals surface area contributed by atoms with Gasteiger partial charge in [-0.15, -0.1) is 0 Å². The number of nitrogens with two attached hydrogens (primary N) is 1. The second-order valence-corrected chi connectivity index (χ2v) is 7.85. The Kier molecular flexibility index (Phi) is 6.21. The van der Waals surface area contributed by atoms with Gasteiger partial charge in [0.2, 0.25) is 5.91 Å². The second kappa shape index (κ2) is 8.62. The topological polar surface area (TPSA) is 100 Å². The molecule has 1 aromatic carbocycles. The average Bonchev–Trinajstić information content (AvgIpc) is 3.22. The summed E-state index contributed by atoms with van der Waals surface area (Å²) < 4.78 is 16.7. The van der Waals surface area contributed by atoms with Crippen molar-refractivity contribution in [2.24, 2.45) is 5.73 Å². The van der Waals surface area contributed by atoms with Crippen molar-refractivity contribution in [1.82, 2.24) is 10.1 Å². The lowest BCUT2D eigenvalue weighted by Crippen LogP contribution is -2.13. The Morgan fingerprint density at radius 2 is 1.93 bits per heavy atom. The molecule has 9 heteroatoms. The van der Waals surface area contributed by atoms with E-state index < -0.39 is 5.91 Å². The zero-order valence-electron chi connectivity index (χ0n) is 15.6. The Morgan fingerprint density at radius 1 is 1.25 bits per heavy atom. The number of amides is 1. The van der Waals surface area contributed by atoms with Gasteiger partial charge in [-0.3, -0.25) is 4.79 Å². The lowest BCUT2D eigenvalue weighted by Gasteiger charge is -2.09. The number of hydrogen-bond acceptors (Lipinski definition) is 7. The summed E-state index contributed by atoms with van der Waals surface area (Å²) in [4.78, 5) is 15.9. The highest BCUT2D eigenvalue weighted by molar-refractivity contribution is 7.17. The minimum absolute atomic E-state index is 0.102. The Hall–Kier alpha value is -2.58. The summed E-state index contributed by atoms with van der Waals surface area (Å²) >= 11 is 7.50. The van der Waals surface area contributed by atoms with Crippen LogP contribution in [0.4, 0.5) is 0 Å². The van der Waals surface area contributed by atoms with Gasteiger partial charge in [0, 0.05) is 18.4 Å². The molecule has 2 aromatic heterocycles. The molecule has 1 atom stereocenters. The molecule has 0 fully saturated rings. The van der Waals surface area contributed by atoms with Crippen LogP contribution in [0.2, 0.25) is 5.15 Å². The first-order chi connectivity index (χ1) is 13.3. The van der Waals surface area contributed by atoms with Crippen molar-refractivity contribution < 1.29 is 18.8 Å². The van der Waals surface area contributed by atoms with Crippen LogP contribution in [-0.2, 0) is 4.79 Å². The van der Waals surface area contributed by atoms with E-state index in [0.717, 1.165) is 5.75 Å². The summed E-state index contributed by atoms with van der Waals surface area (Å²) in [5.41, 5.74) is 5.76. The van der Waals surface area contributed by atoms with E-state index in [1.165, 1.54) is 11.3 Å². The van der Waals surface area contributed by atoms with Crippen molar-refractivity contribution in [2.45, 2.75) is 39.2 Å². The maximum atomic E-state index is 11.1. The van der Waals surface area contributed by atoms with Gasteiger partial charge in [0.15, 0.2) is 5.15 Å². The average molecular weight is 422 g/mol. The number of nitrogens with zero attached hydrogens (tertiary/aromatic N) is 2. The number of hydrogen-bond donors (Lipinski definition) is 1. The van der Waals surface area contributed by atoms with E-state index in [9.17, 15) is 4.79 Å². The van der Waals surface area contributed by atoms with Crippen LogP contribution < -0.4 is 15.2 Å². The first-order valence-corrected chi connectivity index (χ1v) is 9.87. The van der Waals surface area contributed by atoms with Crippen molar-refractivity contribution in [1.29, 1.82) is 0 Å². The van der Waals surface area contributed by atoms with Crippen molar-refractivity contribution in [3.05, 3.63) is 41.2 Å². The van der Waals surface area contributed by atoms with E-state index in [4.69, 9.17) is 31.3 Å². The molecule has 148 valence electrons. The zero-order chi connectivity index (χ0) is 20.3. The van der Waals surface area contributed by atoms with Crippen molar-refractivity contribution >= 4 is 28.8 Å². The largest absolute Gasteiger partial charge is 0.491 e. The van der Waals surface area contributed by atoms with Crippen LogP contribution >= 0.6 is 22.9 Å². The van der Waals surface area contributed by atoms with E-state index in [2.05, 4.69) is 10.1 Å². The third kappa shape index (κ3) is 5.02. The maximum Gasteiger partial charge on any atom is 0.280 e. The minimum Gasteiger partial charge on any atom is -0.491 e. The highest BCUT2D eigenvalue weighted by Gasteiger charge is 2.20. The molecule has 0 spiro atoms. The summed E-state index contributed by atoms with van der Waals surface area (Å²) in [6.07, 6.45) is 0.279. The van der Waals surface area contributed by atoms with Crippen LogP contribution in [0.1, 0.15) is 38.9 Å². The van der Waals surface area contributed by atoms with Gasteiger partial charge in [-0.05, 0) is 38.1 Å². The molecular weight excluding hydrogens is 402 g/mol. The van der Waals surface area contributed by atoms with E-state index >= 15 is 0 Å². The highest BCUT2D eigenvalue weighted by Crippen LogP contribution is 2.39. The molecule has 2 heterocycles. The number of benzene rings is 1. The fraction of sp³-hybridized carbons (Fsp3) is 0.316. The third-order valence-electron chi connectivity index (χ3n) is 3.72. The monoisotopic (exact) mass is 421 g/mol. The van der Waals surface area contributed by atoms with Crippen LogP contribution in [0.25, 0.3) is 10.6 Å². The van der Waals surface area contributed by atoms with Crippen LogP contribution in [-0.4, -0.2) is 22.2 Å². The fourth-order valence-corrected chi connectivity index (χ4v) is 3.59. The molecule has 0 radical (unpaired) electrons. The van der Waals surface area contributed by atoms with E-state index in [1.807, 2.05) is 32.9 Å². The number of rotatable bonds is 8. The Labute approximate surface area is 171 Å². The molecule has 0 aliphatic carbocycles. The number of aromatic nitrogens is 2. The molecule has 3 aromatic rings. The van der Waals surface area contributed by atoms with E-state index in [-0.39, 0.29) is 23.6 Å². The first-order valence-electron chi connectivity index (χ1n) is 8.68. The molecular formula is C19H20ClN3O4S. The lowest BCUT2D eigenvalue weighted by atomic mass is 10.0. The van der Waals surface area contributed by atoms with Crippen molar-refractivity contribution in [3.63, 3.8) is 0 Å². The SMILES string of the molecule is CC(C)Oc1ccc(Oc2nc(Cl)c(-c3cc(C(C)CC(N)=O)on3)s2)cc1. The Balaban J connectivity index is 1.73. The molecule has 0 saturated carbocycles. The van der Waals surface area contributed by atoms with Crippen LogP contribution in [0.3, 0.4) is 0 Å². The molecule has 0 aliphatic rings. The third-order valence-corrected chi connectivity index (χ3v) is 5.06. The molecule has 28 heavy (non-hydrogen) atoms. The summed E-state index contributed by atoms with van der Waals surface area (Å²) in [5, 5.41) is 4.67. The van der Waals surface area contributed by atoms with Gasteiger partial charge in [0.25, 0.3) is 5.19 Å². The number of carbonyl (C=O) groups excluding carboxylic acids is 1. The van der Waals surface area contributed by atoms with E-state index in [1.54, 1.807) is 18.2 Å². The normalized spacial score (nSPS) is 12.2. The summed E-state index contributed by atoms with van der Waals surface area (Å²) in [6, 6.07) is 8.98. The Morgan fingerprint density at radius 3 is 2.57 bits per heavy atom. The predicted octanol–water partition coefficient (Wildman–Crippen LogP) is 5.01. The second-order valence-electron chi connectivity index (χ2n) is 6.53. The van der Waals surface area contributed by atoms with Crippen LogP contribution in [0.15, 0.2) is 34.9 Å². The van der Waals surface area contributed by atoms with Crippen molar-refractivity contribution in [3.8, 4) is 27.3 Å². The molecule has 7 nitrogen and oxygen atoms in total. The number of carbonyl (C=O) groups is 1. The first kappa shape index (κ1) is 20.2. The molecule has 1 amide bonds. The van der Waals surface area contributed by atoms with Gasteiger partial charge < -0.3 is 19.7 Å². The standard InChI is InChI=1S/C19H20ClN3O4S/c1-10(2)25-12-4-6-13(7-5-12)26-19-22-18(20)17(28-19)14-9-15(27-23-14)11(3)8-16(21)24/h4-7,9-11H,8H2,1-3H3,(H2,21,24). The molecule has 3 rings (SSSR count). The van der Waals surface area contributed by atoms with Gasteiger partial charge in [-0.2, -0.15) is 4.98 Å². The summed E-state index contributed by atoms with van der Waals surface area (Å²) in [6.45, 7) is 5.77. The number of ether oxygens (including phenoxy) is 2. The van der Waals surface area contributed by atoms with Crippen LogP contribution in [0, 0.1) is 0 Å². The van der Waals surface area contributed by atoms with Gasteiger partial charge in [-0.1, -0.05) is 35.0 Å². The van der Waals surface area contributed by atoms with Gasteiger partial charge in [0.05, 0.1) is 11.0 Å². The predicted molar refractivity (Wildman–Crippen MR) is 107 cm³/mol. The number of primary amides is 1. The van der Waals surface area contributed by atoms with Gasteiger partial charge in [0.1, 0.15) is 23.0 Å². The van der Waals surface area contributed by atoms with Gasteiger partial charge >= 0.3 is 0 Å². The van der Waals surface area contributed by atoms with Gasteiger partial charge in [-0.25, -0.2) is 0 Å². The fourth-order valence-electron chi connectivity index (χ4n) is 2.47. The molecule has 0 bridgehead atoms. The number of thiazole rings is 1. The summed E-state index contributed by atoms with van der Waals surface area (Å²) in [7, 11) is 0. The maximum absolute atomic E-state index is 11.1. The molecule has 1 unspecified atom stereocenters. The Bertz CT molecular complexity index is 953. The minimum atomic E-state index is -0.401. The highest BCUT2D eigenvalue weighted by atomic mass is 35.5. The summed E-state index contributed by atoms with van der Waals surface area (Å²) in [5.74, 6) is 1.36. The zero-order valence-corrected chi connectivity index (χ0v) is 17.2. The quantitative estimate of drug-likeness (QED) is 0.548. The molecule has 0 aliphatic heterocycles. The van der Waals surface area contributed by atoms with Crippen molar-refractivity contribution in [2.75, 3.05) is 0 Å². The van der Waals surface area contributed by atoms with Crippen LogP contribution in [0.5, 0.6) is 16.7 Å². The smallest absolute Gasteiger partial charge is 0.280 e. The van der Waals surface area contributed by atoms with E-state index in [0.29, 0.717) is 27.3 Å². The molecule has 0 saturated heterocycles. The number of halogens is 1.